The second-order valence-electron chi connectivity index (χ2n) is 12.2. The highest BCUT2D eigenvalue weighted by atomic mass is 16.5. The largest absolute Gasteiger partial charge is 0.493 e. The molecule has 0 aliphatic carbocycles. The number of methoxy groups -OCH3 is 1. The van der Waals surface area contributed by atoms with Crippen molar-refractivity contribution in [3.63, 3.8) is 0 Å². The zero-order chi connectivity index (χ0) is 30.1. The SMILES string of the molecule is COCCCOc1cc(CCC(=O)NC2=NCC(C)(C)C(=O)N2)ccc1-c1ccc(CN2CCC(N(C)C)CC2)cc1. The summed E-state index contributed by atoms with van der Waals surface area (Å²) in [6.45, 7) is 8.40. The van der Waals surface area contributed by atoms with Crippen LogP contribution in [0, 0.1) is 5.41 Å². The topological polar surface area (TPSA) is 95.5 Å². The van der Waals surface area contributed by atoms with E-state index >= 15 is 0 Å². The average molecular weight is 578 g/mol. The number of ether oxygens (including phenoxy) is 2. The number of aryl methyl sites for hydroxylation is 1. The summed E-state index contributed by atoms with van der Waals surface area (Å²) >= 11 is 0. The maximum Gasteiger partial charge on any atom is 0.234 e. The third-order valence-corrected chi connectivity index (χ3v) is 8.13. The lowest BCUT2D eigenvalue weighted by Crippen LogP contribution is -2.52. The number of guanidine groups is 1. The van der Waals surface area contributed by atoms with Gasteiger partial charge in [-0.05, 0) is 83.1 Å². The van der Waals surface area contributed by atoms with Gasteiger partial charge in [0.05, 0.1) is 18.6 Å². The highest BCUT2D eigenvalue weighted by molar-refractivity contribution is 6.07. The van der Waals surface area contributed by atoms with Crippen LogP contribution >= 0.6 is 0 Å². The minimum Gasteiger partial charge on any atom is -0.493 e. The molecule has 9 nitrogen and oxygen atoms in total. The molecule has 0 spiro atoms. The molecule has 2 aromatic rings. The summed E-state index contributed by atoms with van der Waals surface area (Å²) in [4.78, 5) is 34.0. The third kappa shape index (κ3) is 8.86. The van der Waals surface area contributed by atoms with Gasteiger partial charge in [0.2, 0.25) is 17.8 Å². The Kier molecular flexibility index (Phi) is 11.1. The summed E-state index contributed by atoms with van der Waals surface area (Å²) in [5.41, 5.74) is 3.88. The second-order valence-corrected chi connectivity index (χ2v) is 12.2. The molecule has 2 amide bonds. The molecule has 0 atom stereocenters. The first-order chi connectivity index (χ1) is 20.1. The van der Waals surface area contributed by atoms with Crippen LogP contribution < -0.4 is 15.4 Å². The quantitative estimate of drug-likeness (QED) is 0.372. The summed E-state index contributed by atoms with van der Waals surface area (Å²) in [6, 6.07) is 15.6. The highest BCUT2D eigenvalue weighted by Gasteiger charge is 2.32. The van der Waals surface area contributed by atoms with Crippen molar-refractivity contribution >= 4 is 17.8 Å². The molecule has 0 aromatic heterocycles. The van der Waals surface area contributed by atoms with E-state index in [1.807, 2.05) is 19.9 Å². The number of rotatable bonds is 12. The molecule has 0 bridgehead atoms. The summed E-state index contributed by atoms with van der Waals surface area (Å²) in [6.07, 6.45) is 4.02. The molecule has 9 heteroatoms. The van der Waals surface area contributed by atoms with Crippen molar-refractivity contribution in [2.24, 2.45) is 10.4 Å². The van der Waals surface area contributed by atoms with Gasteiger partial charge >= 0.3 is 0 Å². The van der Waals surface area contributed by atoms with Gasteiger partial charge in [-0.15, -0.1) is 0 Å². The number of aliphatic imine (C=N–C) groups is 1. The lowest BCUT2D eigenvalue weighted by Gasteiger charge is -2.35. The molecular formula is C33H47N5O4. The number of carbonyl (C=O) groups is 2. The maximum absolute atomic E-state index is 12.6. The number of likely N-dealkylation sites (tertiary alicyclic amines) is 1. The van der Waals surface area contributed by atoms with Gasteiger partial charge < -0.3 is 14.4 Å². The Morgan fingerprint density at radius 3 is 2.48 bits per heavy atom. The Morgan fingerprint density at radius 1 is 1.10 bits per heavy atom. The van der Waals surface area contributed by atoms with E-state index in [9.17, 15) is 9.59 Å². The van der Waals surface area contributed by atoms with Gasteiger partial charge in [-0.25, -0.2) is 0 Å². The number of piperidine rings is 1. The molecule has 2 aliphatic heterocycles. The van der Waals surface area contributed by atoms with Crippen molar-refractivity contribution in [3.05, 3.63) is 53.6 Å². The predicted molar refractivity (Wildman–Crippen MR) is 167 cm³/mol. The first-order valence-corrected chi connectivity index (χ1v) is 15.0. The zero-order valence-electron chi connectivity index (χ0n) is 25.9. The fourth-order valence-corrected chi connectivity index (χ4v) is 5.30. The molecule has 0 saturated carbocycles. The third-order valence-electron chi connectivity index (χ3n) is 8.13. The Hall–Kier alpha value is -3.27. The molecule has 0 radical (unpaired) electrons. The van der Waals surface area contributed by atoms with E-state index in [1.165, 1.54) is 18.4 Å². The van der Waals surface area contributed by atoms with Crippen LogP contribution in [-0.2, 0) is 27.3 Å². The van der Waals surface area contributed by atoms with Gasteiger partial charge in [0.15, 0.2) is 0 Å². The average Bonchev–Trinajstić information content (AvgIpc) is 2.97. The van der Waals surface area contributed by atoms with Gasteiger partial charge in [0.1, 0.15) is 5.75 Å². The fourth-order valence-electron chi connectivity index (χ4n) is 5.30. The van der Waals surface area contributed by atoms with Crippen LogP contribution in [0.1, 0.15) is 50.7 Å². The Labute approximate surface area is 250 Å². The van der Waals surface area contributed by atoms with Crippen LogP contribution in [0.25, 0.3) is 11.1 Å². The van der Waals surface area contributed by atoms with E-state index in [0.717, 1.165) is 48.5 Å². The van der Waals surface area contributed by atoms with E-state index in [2.05, 4.69) is 75.9 Å². The van der Waals surface area contributed by atoms with E-state index < -0.39 is 5.41 Å². The summed E-state index contributed by atoms with van der Waals surface area (Å²) in [5, 5.41) is 5.41. The number of hydrogen-bond donors (Lipinski definition) is 2. The fraction of sp³-hybridized carbons (Fsp3) is 0.545. The molecule has 2 aromatic carbocycles. The Balaban J connectivity index is 1.38. The number of benzene rings is 2. The predicted octanol–water partition coefficient (Wildman–Crippen LogP) is 3.86. The van der Waals surface area contributed by atoms with Crippen molar-refractivity contribution < 1.29 is 19.1 Å². The minimum atomic E-state index is -0.570. The molecule has 42 heavy (non-hydrogen) atoms. The van der Waals surface area contributed by atoms with E-state index in [0.29, 0.717) is 32.2 Å². The van der Waals surface area contributed by atoms with Crippen molar-refractivity contribution in [1.82, 2.24) is 20.4 Å². The summed E-state index contributed by atoms with van der Waals surface area (Å²) < 4.78 is 11.4. The summed E-state index contributed by atoms with van der Waals surface area (Å²) in [5.74, 6) is 0.690. The van der Waals surface area contributed by atoms with Crippen LogP contribution in [0.5, 0.6) is 5.75 Å². The molecule has 0 unspecified atom stereocenters. The number of hydrogen-bond acceptors (Lipinski definition) is 7. The molecule has 228 valence electrons. The number of carbonyl (C=O) groups excluding carboxylic acids is 2. The van der Waals surface area contributed by atoms with Gasteiger partial charge in [-0.3, -0.25) is 30.1 Å². The van der Waals surface area contributed by atoms with Gasteiger partial charge in [-0.1, -0.05) is 36.4 Å². The molecule has 1 saturated heterocycles. The number of nitrogens with zero attached hydrogens (tertiary/aromatic N) is 3. The van der Waals surface area contributed by atoms with Crippen LogP contribution in [-0.4, -0.2) is 87.7 Å². The van der Waals surface area contributed by atoms with E-state index in [1.54, 1.807) is 7.11 Å². The van der Waals surface area contributed by atoms with Crippen LogP contribution in [0.15, 0.2) is 47.5 Å². The Bertz CT molecular complexity index is 1230. The number of amides is 2. The minimum absolute atomic E-state index is 0.142. The van der Waals surface area contributed by atoms with Crippen molar-refractivity contribution in [1.29, 1.82) is 0 Å². The number of nitrogens with one attached hydrogen (secondary N) is 2. The highest BCUT2D eigenvalue weighted by Crippen LogP contribution is 2.32. The second kappa shape index (κ2) is 14.8. The maximum atomic E-state index is 12.6. The smallest absolute Gasteiger partial charge is 0.234 e. The lowest BCUT2D eigenvalue weighted by atomic mass is 9.92. The van der Waals surface area contributed by atoms with Crippen molar-refractivity contribution in [2.75, 3.05) is 54.1 Å². The van der Waals surface area contributed by atoms with Crippen LogP contribution in [0.3, 0.4) is 0 Å². The first-order valence-electron chi connectivity index (χ1n) is 15.0. The van der Waals surface area contributed by atoms with E-state index in [-0.39, 0.29) is 24.2 Å². The lowest BCUT2D eigenvalue weighted by molar-refractivity contribution is -0.127. The van der Waals surface area contributed by atoms with Gasteiger partial charge in [-0.2, -0.15) is 0 Å². The molecule has 4 rings (SSSR count). The molecule has 2 N–H and O–H groups in total. The first kappa shape index (κ1) is 31.7. The van der Waals surface area contributed by atoms with Crippen LogP contribution in [0.2, 0.25) is 0 Å². The van der Waals surface area contributed by atoms with Crippen molar-refractivity contribution in [3.8, 4) is 16.9 Å². The monoisotopic (exact) mass is 577 g/mol. The molecule has 1 fully saturated rings. The van der Waals surface area contributed by atoms with Crippen LogP contribution in [0.4, 0.5) is 0 Å². The Morgan fingerprint density at radius 2 is 1.81 bits per heavy atom. The normalized spacial score (nSPS) is 17.6. The zero-order valence-corrected chi connectivity index (χ0v) is 25.9. The van der Waals surface area contributed by atoms with Gasteiger partial charge in [0, 0.05) is 44.7 Å². The van der Waals surface area contributed by atoms with Crippen molar-refractivity contribution in [2.45, 2.75) is 58.5 Å². The van der Waals surface area contributed by atoms with E-state index in [4.69, 9.17) is 9.47 Å². The summed E-state index contributed by atoms with van der Waals surface area (Å²) in [7, 11) is 6.04. The standard InChI is InChI=1S/C33H47N5O4/c1-33(2)23-34-32(36-31(33)40)35-30(39)14-10-24-9-13-28(29(21-24)42-20-6-19-41-5)26-11-7-25(8-12-26)22-38-17-15-27(16-18-38)37(3)4/h7-9,11-13,21,27H,6,10,14-20,22-23H2,1-5H3,(H2,34,35,36,39,40). The molecule has 2 aliphatic rings. The van der Waals surface area contributed by atoms with Gasteiger partial charge in [0.25, 0.3) is 0 Å². The molecule has 2 heterocycles. The molecular weight excluding hydrogens is 530 g/mol.